The lowest BCUT2D eigenvalue weighted by Crippen LogP contribution is -2.08. The number of hydrogen-bond donors (Lipinski definition) is 1. The zero-order valence-electron chi connectivity index (χ0n) is 11.8. The van der Waals surface area contributed by atoms with Crippen LogP contribution in [0.1, 0.15) is 0 Å². The molecule has 0 atom stereocenters. The third-order valence-electron chi connectivity index (χ3n) is 3.60. The summed E-state index contributed by atoms with van der Waals surface area (Å²) in [6.07, 6.45) is 0. The third-order valence-corrected chi connectivity index (χ3v) is 3.60. The van der Waals surface area contributed by atoms with Gasteiger partial charge in [0.15, 0.2) is 5.58 Å². The largest absolute Gasteiger partial charge is 0.423 e. The number of para-hydroxylation sites is 1. The maximum atomic E-state index is 6.30. The van der Waals surface area contributed by atoms with Gasteiger partial charge < -0.3 is 15.1 Å². The van der Waals surface area contributed by atoms with Crippen LogP contribution in [0.15, 0.2) is 40.8 Å². The number of aromatic nitrogens is 2. The van der Waals surface area contributed by atoms with Gasteiger partial charge in [0, 0.05) is 24.9 Å². The van der Waals surface area contributed by atoms with Crippen molar-refractivity contribution in [3.8, 4) is 0 Å². The highest BCUT2D eigenvalue weighted by atomic mass is 16.4. The Morgan fingerprint density at radius 3 is 2.57 bits per heavy atom. The van der Waals surface area contributed by atoms with Crippen LogP contribution in [-0.4, -0.2) is 24.1 Å². The van der Waals surface area contributed by atoms with Crippen LogP contribution in [0.2, 0.25) is 0 Å². The number of anilines is 2. The molecule has 0 saturated carbocycles. The Labute approximate surface area is 121 Å². The lowest BCUT2D eigenvalue weighted by atomic mass is 10.1. The van der Waals surface area contributed by atoms with Crippen LogP contribution >= 0.6 is 0 Å². The van der Waals surface area contributed by atoms with Crippen molar-refractivity contribution in [3.63, 3.8) is 0 Å². The standard InChI is InChI=1S/C16H14N4O/c1-20(2)16-19-13-8-12-10(7-14(13)21-16)15(17)9-5-3-4-6-11(9)18-12/h3-8H,1-2H3,(H2,17,18). The summed E-state index contributed by atoms with van der Waals surface area (Å²) < 4.78 is 5.74. The molecule has 4 rings (SSSR count). The minimum absolute atomic E-state index is 0.573. The first-order chi connectivity index (χ1) is 10.1. The highest BCUT2D eigenvalue weighted by Crippen LogP contribution is 2.32. The fourth-order valence-corrected chi connectivity index (χ4v) is 2.52. The molecule has 0 unspecified atom stereocenters. The molecule has 0 bridgehead atoms. The Morgan fingerprint density at radius 2 is 1.76 bits per heavy atom. The third kappa shape index (κ3) is 1.71. The van der Waals surface area contributed by atoms with E-state index in [9.17, 15) is 0 Å². The Morgan fingerprint density at radius 1 is 0.952 bits per heavy atom. The van der Waals surface area contributed by atoms with Gasteiger partial charge in [-0.2, -0.15) is 4.98 Å². The van der Waals surface area contributed by atoms with Crippen LogP contribution in [0.3, 0.4) is 0 Å². The molecule has 0 aliphatic carbocycles. The summed E-state index contributed by atoms with van der Waals surface area (Å²) in [6.45, 7) is 0. The molecule has 104 valence electrons. The SMILES string of the molecule is CN(C)c1nc2cc3nc4ccccc4c(N)c3cc2o1. The Hall–Kier alpha value is -2.82. The zero-order valence-corrected chi connectivity index (χ0v) is 11.8. The number of nitrogens with two attached hydrogens (primary N) is 1. The van der Waals surface area contributed by atoms with E-state index in [1.54, 1.807) is 0 Å². The van der Waals surface area contributed by atoms with Gasteiger partial charge in [0.2, 0.25) is 0 Å². The van der Waals surface area contributed by atoms with Gasteiger partial charge in [0.05, 0.1) is 16.7 Å². The van der Waals surface area contributed by atoms with E-state index in [0.717, 1.165) is 38.6 Å². The number of nitrogens with zero attached hydrogens (tertiary/aromatic N) is 3. The summed E-state index contributed by atoms with van der Waals surface area (Å²) in [4.78, 5) is 10.9. The van der Waals surface area contributed by atoms with Crippen molar-refractivity contribution in [1.29, 1.82) is 0 Å². The van der Waals surface area contributed by atoms with Gasteiger partial charge in [-0.3, -0.25) is 0 Å². The van der Waals surface area contributed by atoms with E-state index in [4.69, 9.17) is 10.2 Å². The average molecular weight is 278 g/mol. The normalized spacial score (nSPS) is 11.5. The van der Waals surface area contributed by atoms with Crippen LogP contribution in [0.5, 0.6) is 0 Å². The Balaban J connectivity index is 2.13. The van der Waals surface area contributed by atoms with Crippen molar-refractivity contribution >= 4 is 44.6 Å². The molecule has 0 spiro atoms. The summed E-state index contributed by atoms with van der Waals surface area (Å²) in [6, 6.07) is 12.3. The molecule has 4 aromatic rings. The molecule has 2 heterocycles. The monoisotopic (exact) mass is 278 g/mol. The summed E-state index contributed by atoms with van der Waals surface area (Å²) in [5.41, 5.74) is 10.2. The van der Waals surface area contributed by atoms with Crippen molar-refractivity contribution in [2.45, 2.75) is 0 Å². The van der Waals surface area contributed by atoms with Crippen LogP contribution in [0, 0.1) is 0 Å². The van der Waals surface area contributed by atoms with Crippen LogP contribution in [0.4, 0.5) is 11.7 Å². The number of fused-ring (bicyclic) bond motifs is 3. The number of nitrogen functional groups attached to an aromatic ring is 1. The number of hydrogen-bond acceptors (Lipinski definition) is 5. The van der Waals surface area contributed by atoms with Crippen molar-refractivity contribution in [2.24, 2.45) is 0 Å². The summed E-state index contributed by atoms with van der Waals surface area (Å²) in [5, 5.41) is 1.85. The molecule has 21 heavy (non-hydrogen) atoms. The van der Waals surface area contributed by atoms with Crippen molar-refractivity contribution < 1.29 is 4.42 Å². The van der Waals surface area contributed by atoms with Gasteiger partial charge in [-0.25, -0.2) is 4.98 Å². The predicted octanol–water partition coefficient (Wildman–Crippen LogP) is 3.18. The molecule has 0 aliphatic rings. The van der Waals surface area contributed by atoms with Crippen LogP contribution in [-0.2, 0) is 0 Å². The van der Waals surface area contributed by atoms with E-state index < -0.39 is 0 Å². The van der Waals surface area contributed by atoms with Crippen LogP contribution < -0.4 is 10.6 Å². The molecule has 0 fully saturated rings. The van der Waals surface area contributed by atoms with E-state index >= 15 is 0 Å². The van der Waals surface area contributed by atoms with Crippen molar-refractivity contribution in [3.05, 3.63) is 36.4 Å². The Bertz CT molecular complexity index is 988. The lowest BCUT2D eigenvalue weighted by Gasteiger charge is -2.06. The van der Waals surface area contributed by atoms with Crippen molar-refractivity contribution in [2.75, 3.05) is 24.7 Å². The molecule has 0 radical (unpaired) electrons. The molecule has 0 aliphatic heterocycles. The van der Waals surface area contributed by atoms with E-state index in [2.05, 4.69) is 9.97 Å². The molecule has 5 heteroatoms. The molecule has 0 saturated heterocycles. The topological polar surface area (TPSA) is 68.2 Å². The zero-order chi connectivity index (χ0) is 14.6. The fraction of sp³-hybridized carbons (Fsp3) is 0.125. The maximum Gasteiger partial charge on any atom is 0.297 e. The van der Waals surface area contributed by atoms with Gasteiger partial charge in [0.25, 0.3) is 6.01 Å². The first-order valence-electron chi connectivity index (χ1n) is 6.69. The van der Waals surface area contributed by atoms with Gasteiger partial charge in [0.1, 0.15) is 5.52 Å². The van der Waals surface area contributed by atoms with E-state index in [0.29, 0.717) is 6.01 Å². The lowest BCUT2D eigenvalue weighted by molar-refractivity contribution is 0.597. The average Bonchev–Trinajstić information content (AvgIpc) is 2.89. The maximum absolute atomic E-state index is 6.30. The number of rotatable bonds is 1. The minimum Gasteiger partial charge on any atom is -0.423 e. The first kappa shape index (κ1) is 12.0. The smallest absolute Gasteiger partial charge is 0.297 e. The fourth-order valence-electron chi connectivity index (χ4n) is 2.52. The number of oxazole rings is 1. The van der Waals surface area contributed by atoms with Gasteiger partial charge in [-0.05, 0) is 18.2 Å². The van der Waals surface area contributed by atoms with Gasteiger partial charge >= 0.3 is 0 Å². The second-order valence-electron chi connectivity index (χ2n) is 5.27. The van der Waals surface area contributed by atoms with Gasteiger partial charge in [-0.15, -0.1) is 0 Å². The second kappa shape index (κ2) is 4.09. The molecule has 5 nitrogen and oxygen atoms in total. The van der Waals surface area contributed by atoms with E-state index in [-0.39, 0.29) is 0 Å². The predicted molar refractivity (Wildman–Crippen MR) is 85.6 cm³/mol. The quantitative estimate of drug-likeness (QED) is 0.542. The molecule has 2 aromatic carbocycles. The van der Waals surface area contributed by atoms with Crippen LogP contribution in [0.25, 0.3) is 32.9 Å². The molecule has 0 amide bonds. The first-order valence-corrected chi connectivity index (χ1v) is 6.69. The van der Waals surface area contributed by atoms with E-state index in [1.165, 1.54) is 0 Å². The van der Waals surface area contributed by atoms with Gasteiger partial charge in [-0.1, -0.05) is 18.2 Å². The Kier molecular flexibility index (Phi) is 2.33. The summed E-state index contributed by atoms with van der Waals surface area (Å²) >= 11 is 0. The summed E-state index contributed by atoms with van der Waals surface area (Å²) in [7, 11) is 3.79. The summed E-state index contributed by atoms with van der Waals surface area (Å²) in [5.74, 6) is 0. The number of pyridine rings is 1. The van der Waals surface area contributed by atoms with E-state index in [1.807, 2.05) is 55.4 Å². The highest BCUT2D eigenvalue weighted by Gasteiger charge is 2.12. The minimum atomic E-state index is 0.573. The molecule has 2 N–H and O–H groups in total. The molecular weight excluding hydrogens is 264 g/mol. The number of benzene rings is 2. The molecule has 2 aromatic heterocycles. The second-order valence-corrected chi connectivity index (χ2v) is 5.27. The molecular formula is C16H14N4O. The van der Waals surface area contributed by atoms with Crippen molar-refractivity contribution in [1.82, 2.24) is 9.97 Å². The highest BCUT2D eigenvalue weighted by molar-refractivity contribution is 6.09.